The Balaban J connectivity index is 1.66. The molecule has 0 fully saturated rings. The number of hydrogen-bond acceptors (Lipinski definition) is 6. The van der Waals surface area contributed by atoms with Crippen LogP contribution >= 0.6 is 0 Å². The summed E-state index contributed by atoms with van der Waals surface area (Å²) in [6.45, 7) is 5.43. The molecule has 9 heteroatoms. The fourth-order valence-electron chi connectivity index (χ4n) is 2.58. The lowest BCUT2D eigenvalue weighted by atomic mass is 10.1. The molecule has 0 saturated carbocycles. The van der Waals surface area contributed by atoms with Crippen LogP contribution in [0.4, 0.5) is 0 Å². The van der Waals surface area contributed by atoms with Crippen LogP contribution < -0.4 is 4.72 Å². The van der Waals surface area contributed by atoms with Crippen LogP contribution in [-0.4, -0.2) is 35.4 Å². The van der Waals surface area contributed by atoms with E-state index in [0.29, 0.717) is 29.6 Å². The standard InChI is InChI=1S/C16H19N5O3S/c1-10-6-4-5-7-13(10)16-21-20-14(24-16)8-9-17-25(22,23)15-11(2)18-19-12(15)3/h4-7,17H,8-9H2,1-3H3,(H,18,19). The smallest absolute Gasteiger partial charge is 0.247 e. The van der Waals surface area contributed by atoms with Gasteiger partial charge in [0, 0.05) is 18.5 Å². The Morgan fingerprint density at radius 3 is 2.60 bits per heavy atom. The minimum atomic E-state index is -3.63. The fourth-order valence-corrected chi connectivity index (χ4v) is 3.98. The molecule has 0 radical (unpaired) electrons. The van der Waals surface area contributed by atoms with E-state index >= 15 is 0 Å². The minimum Gasteiger partial charge on any atom is -0.421 e. The molecule has 0 aliphatic carbocycles. The van der Waals surface area contributed by atoms with Crippen molar-refractivity contribution in [3.05, 3.63) is 47.1 Å². The first-order valence-electron chi connectivity index (χ1n) is 7.78. The molecule has 0 unspecified atom stereocenters. The second kappa shape index (κ2) is 6.77. The van der Waals surface area contributed by atoms with Gasteiger partial charge in [-0.15, -0.1) is 10.2 Å². The second-order valence-electron chi connectivity index (χ2n) is 5.73. The number of benzene rings is 1. The van der Waals surface area contributed by atoms with E-state index in [0.717, 1.165) is 11.1 Å². The number of H-pyrrole nitrogens is 1. The summed E-state index contributed by atoms with van der Waals surface area (Å²) >= 11 is 0. The van der Waals surface area contributed by atoms with Gasteiger partial charge in [-0.2, -0.15) is 5.10 Å². The molecule has 0 amide bonds. The summed E-state index contributed by atoms with van der Waals surface area (Å²) in [4.78, 5) is 0.179. The Labute approximate surface area is 145 Å². The Morgan fingerprint density at radius 2 is 1.92 bits per heavy atom. The molecule has 0 spiro atoms. The quantitative estimate of drug-likeness (QED) is 0.693. The molecule has 0 bridgehead atoms. The normalized spacial score (nSPS) is 11.8. The molecule has 2 heterocycles. The number of nitrogens with zero attached hydrogens (tertiary/aromatic N) is 3. The molecule has 0 aliphatic heterocycles. The highest BCUT2D eigenvalue weighted by molar-refractivity contribution is 7.89. The lowest BCUT2D eigenvalue weighted by Crippen LogP contribution is -2.27. The molecule has 0 atom stereocenters. The third kappa shape index (κ3) is 3.62. The Hall–Kier alpha value is -2.52. The molecule has 1 aromatic carbocycles. The highest BCUT2D eigenvalue weighted by Crippen LogP contribution is 2.21. The molecule has 0 saturated heterocycles. The monoisotopic (exact) mass is 361 g/mol. The van der Waals surface area contributed by atoms with Crippen LogP contribution in [0, 0.1) is 20.8 Å². The molecule has 3 rings (SSSR count). The van der Waals surface area contributed by atoms with Gasteiger partial charge in [-0.1, -0.05) is 18.2 Å². The van der Waals surface area contributed by atoms with Crippen molar-refractivity contribution in [1.29, 1.82) is 0 Å². The first-order chi connectivity index (χ1) is 11.9. The first kappa shape index (κ1) is 17.3. The number of aromatic nitrogens is 4. The van der Waals surface area contributed by atoms with Gasteiger partial charge < -0.3 is 4.42 Å². The van der Waals surface area contributed by atoms with Crippen molar-refractivity contribution in [2.75, 3.05) is 6.54 Å². The van der Waals surface area contributed by atoms with Crippen LogP contribution in [0.5, 0.6) is 0 Å². The van der Waals surface area contributed by atoms with Crippen LogP contribution in [0.15, 0.2) is 33.6 Å². The van der Waals surface area contributed by atoms with Gasteiger partial charge >= 0.3 is 0 Å². The van der Waals surface area contributed by atoms with Gasteiger partial charge in [0.1, 0.15) is 4.90 Å². The second-order valence-corrected chi connectivity index (χ2v) is 7.43. The third-order valence-electron chi connectivity index (χ3n) is 3.80. The molecule has 2 N–H and O–H groups in total. The average molecular weight is 361 g/mol. The van der Waals surface area contributed by atoms with Crippen molar-refractivity contribution < 1.29 is 12.8 Å². The van der Waals surface area contributed by atoms with E-state index in [4.69, 9.17) is 4.42 Å². The van der Waals surface area contributed by atoms with E-state index < -0.39 is 10.0 Å². The van der Waals surface area contributed by atoms with Crippen LogP contribution in [-0.2, 0) is 16.4 Å². The van der Waals surface area contributed by atoms with E-state index in [1.54, 1.807) is 13.8 Å². The van der Waals surface area contributed by atoms with E-state index in [-0.39, 0.29) is 11.4 Å². The van der Waals surface area contributed by atoms with Crippen LogP contribution in [0.2, 0.25) is 0 Å². The summed E-state index contributed by atoms with van der Waals surface area (Å²) in [6.07, 6.45) is 0.300. The van der Waals surface area contributed by atoms with Crippen molar-refractivity contribution in [1.82, 2.24) is 25.1 Å². The van der Waals surface area contributed by atoms with Gasteiger partial charge in [0.15, 0.2) is 0 Å². The van der Waals surface area contributed by atoms with Gasteiger partial charge in [0.2, 0.25) is 21.8 Å². The van der Waals surface area contributed by atoms with Crippen LogP contribution in [0.3, 0.4) is 0 Å². The summed E-state index contributed by atoms with van der Waals surface area (Å²) in [5.41, 5.74) is 2.84. The average Bonchev–Trinajstić information content (AvgIpc) is 3.15. The summed E-state index contributed by atoms with van der Waals surface area (Å²) < 4.78 is 32.9. The Morgan fingerprint density at radius 1 is 1.16 bits per heavy atom. The lowest BCUT2D eigenvalue weighted by Gasteiger charge is -2.05. The van der Waals surface area contributed by atoms with Crippen molar-refractivity contribution in [3.63, 3.8) is 0 Å². The van der Waals surface area contributed by atoms with Crippen LogP contribution in [0.1, 0.15) is 22.8 Å². The van der Waals surface area contributed by atoms with Crippen molar-refractivity contribution >= 4 is 10.0 Å². The van der Waals surface area contributed by atoms with E-state index in [2.05, 4.69) is 25.1 Å². The van der Waals surface area contributed by atoms with Crippen molar-refractivity contribution in [3.8, 4) is 11.5 Å². The zero-order valence-electron chi connectivity index (χ0n) is 14.2. The van der Waals surface area contributed by atoms with Gasteiger partial charge in [-0.3, -0.25) is 5.10 Å². The molecule has 132 valence electrons. The van der Waals surface area contributed by atoms with Crippen molar-refractivity contribution in [2.45, 2.75) is 32.1 Å². The first-order valence-corrected chi connectivity index (χ1v) is 9.26. The van der Waals surface area contributed by atoms with Crippen LogP contribution in [0.25, 0.3) is 11.5 Å². The Bertz CT molecular complexity index is 971. The Kier molecular flexibility index (Phi) is 4.69. The number of aromatic amines is 1. The van der Waals surface area contributed by atoms with Gasteiger partial charge in [-0.05, 0) is 32.4 Å². The maximum Gasteiger partial charge on any atom is 0.247 e. The minimum absolute atomic E-state index is 0.155. The van der Waals surface area contributed by atoms with E-state index in [1.165, 1.54) is 0 Å². The number of nitrogens with one attached hydrogen (secondary N) is 2. The molecule has 8 nitrogen and oxygen atoms in total. The van der Waals surface area contributed by atoms with E-state index in [1.807, 2.05) is 31.2 Å². The number of hydrogen-bond donors (Lipinski definition) is 2. The molecule has 3 aromatic rings. The third-order valence-corrected chi connectivity index (χ3v) is 5.53. The summed E-state index contributed by atoms with van der Waals surface area (Å²) in [7, 11) is -3.63. The topological polar surface area (TPSA) is 114 Å². The molecular weight excluding hydrogens is 342 g/mol. The number of aryl methyl sites for hydroxylation is 3. The summed E-state index contributed by atoms with van der Waals surface area (Å²) in [5, 5.41) is 14.6. The largest absolute Gasteiger partial charge is 0.421 e. The van der Waals surface area contributed by atoms with Gasteiger partial charge in [-0.25, -0.2) is 13.1 Å². The molecular formula is C16H19N5O3S. The zero-order valence-corrected chi connectivity index (χ0v) is 15.0. The van der Waals surface area contributed by atoms with Gasteiger partial charge in [0.05, 0.1) is 11.4 Å². The predicted octanol–water partition coefficient (Wildman–Crippen LogP) is 1.91. The van der Waals surface area contributed by atoms with Crippen molar-refractivity contribution in [2.24, 2.45) is 0 Å². The number of rotatable bonds is 6. The van der Waals surface area contributed by atoms with E-state index in [9.17, 15) is 8.42 Å². The highest BCUT2D eigenvalue weighted by Gasteiger charge is 2.22. The zero-order chi connectivity index (χ0) is 18.0. The summed E-state index contributed by atoms with van der Waals surface area (Å²) in [6, 6.07) is 7.70. The molecule has 2 aromatic heterocycles. The molecule has 0 aliphatic rings. The maximum absolute atomic E-state index is 12.4. The fraction of sp³-hybridized carbons (Fsp3) is 0.312. The maximum atomic E-state index is 12.4. The van der Waals surface area contributed by atoms with Gasteiger partial charge in [0.25, 0.3) is 0 Å². The SMILES string of the molecule is Cc1ccccc1-c1nnc(CCNS(=O)(=O)c2c(C)n[nH]c2C)o1. The highest BCUT2D eigenvalue weighted by atomic mass is 32.2. The predicted molar refractivity (Wildman–Crippen MR) is 91.4 cm³/mol. The number of sulfonamides is 1. The summed E-state index contributed by atoms with van der Waals surface area (Å²) in [5.74, 6) is 0.805. The lowest BCUT2D eigenvalue weighted by molar-refractivity contribution is 0.501. The molecule has 25 heavy (non-hydrogen) atoms.